The highest BCUT2D eigenvalue weighted by atomic mass is 32.2. The topological polar surface area (TPSA) is 49.4 Å². The number of thioether (sulfide) groups is 1. The van der Waals surface area contributed by atoms with E-state index in [9.17, 15) is 9.59 Å². The summed E-state index contributed by atoms with van der Waals surface area (Å²) in [5.41, 5.74) is 1.09. The molecule has 1 N–H and O–H groups in total. The summed E-state index contributed by atoms with van der Waals surface area (Å²) >= 11 is 1.94. The highest BCUT2D eigenvalue weighted by Gasteiger charge is 2.25. The lowest BCUT2D eigenvalue weighted by Gasteiger charge is -2.34. The minimum atomic E-state index is 0.0117. The average molecular weight is 334 g/mol. The number of benzene rings is 1. The quantitative estimate of drug-likeness (QED) is 0.870. The second kappa shape index (κ2) is 8.96. The van der Waals surface area contributed by atoms with Gasteiger partial charge in [0.15, 0.2) is 0 Å². The number of carbonyl (C=O) groups excluding carboxylic acids is 2. The summed E-state index contributed by atoms with van der Waals surface area (Å²) in [5, 5.41) is 3.89. The van der Waals surface area contributed by atoms with E-state index in [0.717, 1.165) is 18.7 Å². The lowest BCUT2D eigenvalue weighted by molar-refractivity contribution is -0.131. The molecule has 0 unspecified atom stereocenters. The Morgan fingerprint density at radius 1 is 1.13 bits per heavy atom. The van der Waals surface area contributed by atoms with Crippen LogP contribution in [0.2, 0.25) is 0 Å². The first-order chi connectivity index (χ1) is 11.0. The Labute approximate surface area is 143 Å². The van der Waals surface area contributed by atoms with Crippen LogP contribution in [0, 0.1) is 0 Å². The molecular formula is C18H26N2O2S. The van der Waals surface area contributed by atoms with Gasteiger partial charge in [0.2, 0.25) is 11.8 Å². The Hall–Kier alpha value is -1.49. The van der Waals surface area contributed by atoms with Gasteiger partial charge in [-0.25, -0.2) is 0 Å². The maximum atomic E-state index is 12.2. The summed E-state index contributed by atoms with van der Waals surface area (Å²) in [7, 11) is 0. The van der Waals surface area contributed by atoms with E-state index < -0.39 is 0 Å². The third kappa shape index (κ3) is 6.26. The fraction of sp³-hybridized carbons (Fsp3) is 0.556. The minimum Gasteiger partial charge on any atom is -0.352 e. The van der Waals surface area contributed by atoms with Crippen molar-refractivity contribution in [1.82, 2.24) is 10.2 Å². The maximum absolute atomic E-state index is 12.2. The van der Waals surface area contributed by atoms with Crippen molar-refractivity contribution in [2.75, 3.05) is 13.1 Å². The van der Waals surface area contributed by atoms with Crippen LogP contribution in [0.15, 0.2) is 30.3 Å². The molecule has 4 nitrogen and oxygen atoms in total. The predicted octanol–water partition coefficient (Wildman–Crippen LogP) is 2.83. The zero-order valence-corrected chi connectivity index (χ0v) is 14.8. The van der Waals surface area contributed by atoms with Crippen LogP contribution in [0.25, 0.3) is 0 Å². The molecular weight excluding hydrogens is 308 g/mol. The van der Waals surface area contributed by atoms with Crippen LogP contribution in [0.5, 0.6) is 0 Å². The smallest absolute Gasteiger partial charge is 0.222 e. The molecule has 0 bridgehead atoms. The molecule has 0 radical (unpaired) electrons. The van der Waals surface area contributed by atoms with Gasteiger partial charge >= 0.3 is 0 Å². The van der Waals surface area contributed by atoms with E-state index in [1.165, 1.54) is 0 Å². The lowest BCUT2D eigenvalue weighted by Crippen LogP contribution is -2.44. The number of rotatable bonds is 6. The molecule has 1 aromatic carbocycles. The van der Waals surface area contributed by atoms with Gasteiger partial charge in [0, 0.05) is 43.0 Å². The van der Waals surface area contributed by atoms with E-state index >= 15 is 0 Å². The normalized spacial score (nSPS) is 21.0. The molecule has 2 atom stereocenters. The number of carbonyl (C=O) groups is 2. The number of hydrogen-bond acceptors (Lipinski definition) is 3. The van der Waals surface area contributed by atoms with Crippen molar-refractivity contribution in [2.24, 2.45) is 0 Å². The molecule has 1 fully saturated rings. The van der Waals surface area contributed by atoms with Gasteiger partial charge in [0.25, 0.3) is 0 Å². The van der Waals surface area contributed by atoms with Crippen LogP contribution in [-0.4, -0.2) is 40.3 Å². The highest BCUT2D eigenvalue weighted by Crippen LogP contribution is 2.25. The van der Waals surface area contributed by atoms with Gasteiger partial charge in [0.05, 0.1) is 0 Å². The predicted molar refractivity (Wildman–Crippen MR) is 95.2 cm³/mol. The molecule has 1 heterocycles. The fourth-order valence-corrected chi connectivity index (χ4v) is 4.15. The summed E-state index contributed by atoms with van der Waals surface area (Å²) in [6.07, 6.45) is 1.49. The molecule has 0 aromatic heterocycles. The van der Waals surface area contributed by atoms with E-state index in [0.29, 0.717) is 36.3 Å². The van der Waals surface area contributed by atoms with Crippen LogP contribution in [0.4, 0.5) is 0 Å². The Bertz CT molecular complexity index is 511. The van der Waals surface area contributed by atoms with Crippen molar-refractivity contribution in [2.45, 2.75) is 50.2 Å². The molecule has 1 saturated heterocycles. The number of amides is 2. The van der Waals surface area contributed by atoms with E-state index in [1.807, 2.05) is 47.0 Å². The number of hydrogen-bond donors (Lipinski definition) is 1. The second-order valence-corrected chi connectivity index (χ2v) is 8.05. The molecule has 5 heteroatoms. The van der Waals surface area contributed by atoms with Crippen molar-refractivity contribution in [1.29, 1.82) is 0 Å². The molecule has 126 valence electrons. The Balaban J connectivity index is 1.64. The molecule has 1 aromatic rings. The summed E-state index contributed by atoms with van der Waals surface area (Å²) < 4.78 is 0. The molecule has 0 aliphatic carbocycles. The van der Waals surface area contributed by atoms with E-state index in [2.05, 4.69) is 19.2 Å². The zero-order valence-electron chi connectivity index (χ0n) is 14.0. The first kappa shape index (κ1) is 17.9. The van der Waals surface area contributed by atoms with Gasteiger partial charge in [-0.05, 0) is 12.0 Å². The van der Waals surface area contributed by atoms with Crippen LogP contribution < -0.4 is 5.32 Å². The van der Waals surface area contributed by atoms with Crippen molar-refractivity contribution in [3.63, 3.8) is 0 Å². The minimum absolute atomic E-state index is 0.0117. The van der Waals surface area contributed by atoms with Crippen LogP contribution in [0.1, 0.15) is 38.7 Å². The summed E-state index contributed by atoms with van der Waals surface area (Å²) in [4.78, 5) is 26.0. The zero-order chi connectivity index (χ0) is 16.7. The monoisotopic (exact) mass is 334 g/mol. The Kier molecular flexibility index (Phi) is 6.96. The summed E-state index contributed by atoms with van der Waals surface area (Å²) in [6.45, 7) is 6.53. The molecule has 2 amide bonds. The van der Waals surface area contributed by atoms with Gasteiger partial charge in [-0.1, -0.05) is 44.2 Å². The Morgan fingerprint density at radius 2 is 1.78 bits per heavy atom. The standard InChI is InChI=1S/C18H26N2O2S/c1-14-12-20(13-15(2)23-14)18(22)10-6-9-17(21)19-11-16-7-4-3-5-8-16/h3-5,7-8,14-15H,6,9-13H2,1-2H3,(H,19,21)/t14-,15+. The molecule has 0 spiro atoms. The van der Waals surface area contributed by atoms with Crippen molar-refractivity contribution < 1.29 is 9.59 Å². The average Bonchev–Trinajstić information content (AvgIpc) is 2.53. The van der Waals surface area contributed by atoms with Crippen LogP contribution >= 0.6 is 11.8 Å². The van der Waals surface area contributed by atoms with Gasteiger partial charge in [-0.3, -0.25) is 9.59 Å². The van der Waals surface area contributed by atoms with E-state index in [-0.39, 0.29) is 11.8 Å². The van der Waals surface area contributed by atoms with Gasteiger partial charge < -0.3 is 10.2 Å². The fourth-order valence-electron chi connectivity index (χ4n) is 2.82. The Morgan fingerprint density at radius 3 is 2.43 bits per heavy atom. The van der Waals surface area contributed by atoms with E-state index in [1.54, 1.807) is 0 Å². The number of nitrogens with zero attached hydrogens (tertiary/aromatic N) is 1. The summed E-state index contributed by atoms with van der Waals surface area (Å²) in [6, 6.07) is 9.84. The molecule has 0 saturated carbocycles. The largest absolute Gasteiger partial charge is 0.352 e. The molecule has 1 aliphatic rings. The van der Waals surface area contributed by atoms with Crippen molar-refractivity contribution in [3.05, 3.63) is 35.9 Å². The molecule has 23 heavy (non-hydrogen) atoms. The third-order valence-corrected chi connectivity index (χ3v) is 5.13. The van der Waals surface area contributed by atoms with Crippen molar-refractivity contribution >= 4 is 23.6 Å². The van der Waals surface area contributed by atoms with Gasteiger partial charge in [0.1, 0.15) is 0 Å². The van der Waals surface area contributed by atoms with E-state index in [4.69, 9.17) is 0 Å². The third-order valence-electron chi connectivity index (χ3n) is 3.90. The SMILES string of the molecule is C[C@@H]1CN(C(=O)CCCC(=O)NCc2ccccc2)C[C@H](C)S1. The van der Waals surface area contributed by atoms with Crippen LogP contribution in [-0.2, 0) is 16.1 Å². The molecule has 1 aliphatic heterocycles. The van der Waals surface area contributed by atoms with Crippen molar-refractivity contribution in [3.8, 4) is 0 Å². The first-order valence-electron chi connectivity index (χ1n) is 8.28. The number of nitrogens with one attached hydrogen (secondary N) is 1. The van der Waals surface area contributed by atoms with Gasteiger partial charge in [-0.15, -0.1) is 0 Å². The molecule has 2 rings (SSSR count). The van der Waals surface area contributed by atoms with Crippen LogP contribution in [0.3, 0.4) is 0 Å². The maximum Gasteiger partial charge on any atom is 0.222 e. The second-order valence-electron chi connectivity index (χ2n) is 6.17. The first-order valence-corrected chi connectivity index (χ1v) is 9.22. The lowest BCUT2D eigenvalue weighted by atomic mass is 10.2. The summed E-state index contributed by atoms with van der Waals surface area (Å²) in [5.74, 6) is 0.192. The highest BCUT2D eigenvalue weighted by molar-refractivity contribution is 8.00. The van der Waals surface area contributed by atoms with Gasteiger partial charge in [-0.2, -0.15) is 11.8 Å².